The number of carbonyl (C=O) groups is 2. The maximum atomic E-state index is 13.6. The van der Waals surface area contributed by atoms with Crippen molar-refractivity contribution >= 4 is 51.2 Å². The Bertz CT molecular complexity index is 1380. The Morgan fingerprint density at radius 1 is 1.00 bits per heavy atom. The minimum atomic E-state index is -0.546. The summed E-state index contributed by atoms with van der Waals surface area (Å²) < 4.78 is 8.01. The van der Waals surface area contributed by atoms with Gasteiger partial charge in [0.25, 0.3) is 5.91 Å². The number of esters is 1. The van der Waals surface area contributed by atoms with Gasteiger partial charge in [-0.1, -0.05) is 33.6 Å². The second-order valence-electron chi connectivity index (χ2n) is 8.22. The number of benzene rings is 2. The van der Waals surface area contributed by atoms with E-state index in [0.717, 1.165) is 32.7 Å². The number of anilines is 1. The number of methoxy groups -OCH3 is 1. The highest BCUT2D eigenvalue weighted by atomic mass is 79.9. The molecule has 4 rings (SSSR count). The number of ether oxygens (including phenoxy) is 1. The second kappa shape index (κ2) is 9.28. The Hall–Kier alpha value is -3.09. The van der Waals surface area contributed by atoms with Crippen molar-refractivity contribution < 1.29 is 14.3 Å². The molecule has 2 heterocycles. The van der Waals surface area contributed by atoms with E-state index in [9.17, 15) is 9.59 Å². The van der Waals surface area contributed by atoms with Crippen molar-refractivity contribution in [3.8, 4) is 5.69 Å². The summed E-state index contributed by atoms with van der Waals surface area (Å²) in [5, 5.41) is 0.688. The highest BCUT2D eigenvalue weighted by Gasteiger charge is 2.38. The third kappa shape index (κ3) is 4.12. The van der Waals surface area contributed by atoms with Gasteiger partial charge in [0.2, 0.25) is 0 Å². The molecule has 0 fully saturated rings. The first-order chi connectivity index (χ1) is 16.1. The predicted octanol–water partition coefficient (Wildman–Crippen LogP) is 6.70. The number of nitrogens with zero attached hydrogens (tertiary/aromatic N) is 2. The lowest BCUT2D eigenvalue weighted by Gasteiger charge is -2.18. The van der Waals surface area contributed by atoms with Crippen molar-refractivity contribution in [2.24, 2.45) is 0 Å². The van der Waals surface area contributed by atoms with Crippen LogP contribution in [0.2, 0.25) is 5.02 Å². The zero-order chi connectivity index (χ0) is 24.7. The monoisotopic (exact) mass is 538 g/mol. The Kier molecular flexibility index (Phi) is 6.56. The zero-order valence-electron chi connectivity index (χ0n) is 19.6. The number of carbonyl (C=O) groups excluding carboxylic acids is 2. The molecule has 1 aromatic heterocycles. The molecule has 1 aliphatic heterocycles. The van der Waals surface area contributed by atoms with E-state index in [2.05, 4.69) is 20.5 Å². The van der Waals surface area contributed by atoms with E-state index in [-0.39, 0.29) is 11.5 Å². The van der Waals surface area contributed by atoms with Gasteiger partial charge in [-0.15, -0.1) is 0 Å². The van der Waals surface area contributed by atoms with E-state index in [0.29, 0.717) is 22.0 Å². The van der Waals surface area contributed by atoms with E-state index >= 15 is 0 Å². The molecule has 0 saturated heterocycles. The summed E-state index contributed by atoms with van der Waals surface area (Å²) in [6, 6.07) is 15.3. The van der Waals surface area contributed by atoms with Crippen molar-refractivity contribution in [3.05, 3.63) is 97.4 Å². The fourth-order valence-electron chi connectivity index (χ4n) is 4.29. The van der Waals surface area contributed by atoms with Crippen molar-refractivity contribution in [1.82, 2.24) is 4.57 Å². The summed E-state index contributed by atoms with van der Waals surface area (Å²) in [4.78, 5) is 27.8. The maximum absolute atomic E-state index is 13.6. The van der Waals surface area contributed by atoms with Crippen molar-refractivity contribution in [1.29, 1.82) is 0 Å². The summed E-state index contributed by atoms with van der Waals surface area (Å²) >= 11 is 9.79. The summed E-state index contributed by atoms with van der Waals surface area (Å²) in [6.07, 6.45) is 1.77. The Labute approximate surface area is 212 Å². The van der Waals surface area contributed by atoms with Crippen molar-refractivity contribution in [3.63, 3.8) is 0 Å². The van der Waals surface area contributed by atoms with Crippen LogP contribution in [0.3, 0.4) is 0 Å². The normalized spacial score (nSPS) is 15.0. The first kappa shape index (κ1) is 24.0. The fourth-order valence-corrected chi connectivity index (χ4v) is 4.73. The van der Waals surface area contributed by atoms with Crippen LogP contribution in [0.4, 0.5) is 5.69 Å². The van der Waals surface area contributed by atoms with Crippen molar-refractivity contribution in [2.75, 3.05) is 12.0 Å². The number of aromatic nitrogens is 1. The zero-order valence-corrected chi connectivity index (χ0v) is 21.9. The summed E-state index contributed by atoms with van der Waals surface area (Å²) in [7, 11) is 1.32. The number of amides is 1. The third-order valence-electron chi connectivity index (χ3n) is 6.06. The van der Waals surface area contributed by atoms with E-state index < -0.39 is 5.97 Å². The van der Waals surface area contributed by atoms with Crippen LogP contribution in [0.25, 0.3) is 11.8 Å². The largest absolute Gasteiger partial charge is 0.465 e. The van der Waals surface area contributed by atoms with E-state index in [1.165, 1.54) is 7.11 Å². The summed E-state index contributed by atoms with van der Waals surface area (Å²) in [6.45, 7) is 7.69. The topological polar surface area (TPSA) is 51.5 Å². The van der Waals surface area contributed by atoms with Gasteiger partial charge < -0.3 is 9.30 Å². The number of hydrogen-bond acceptors (Lipinski definition) is 3. The molecule has 1 aliphatic rings. The molecule has 34 heavy (non-hydrogen) atoms. The molecule has 0 bridgehead atoms. The first-order valence-electron chi connectivity index (χ1n) is 10.7. The second-order valence-corrected chi connectivity index (χ2v) is 9.55. The molecule has 0 unspecified atom stereocenters. The van der Waals surface area contributed by atoms with Gasteiger partial charge in [-0.05, 0) is 87.4 Å². The van der Waals surface area contributed by atoms with Gasteiger partial charge in [-0.25, -0.2) is 4.79 Å². The average molecular weight is 540 g/mol. The molecule has 0 N–H and O–H groups in total. The summed E-state index contributed by atoms with van der Waals surface area (Å²) in [5.74, 6) is -0.820. The molecule has 2 aromatic carbocycles. The lowest BCUT2D eigenvalue weighted by atomic mass is 10.0. The van der Waals surface area contributed by atoms with Gasteiger partial charge in [-0.3, -0.25) is 9.69 Å². The number of rotatable bonds is 4. The van der Waals surface area contributed by atoms with Crippen LogP contribution in [0.1, 0.15) is 29.4 Å². The lowest BCUT2D eigenvalue weighted by molar-refractivity contribution is -0.136. The average Bonchev–Trinajstić information content (AvgIpc) is 3.22. The molecular formula is C27H24BrClN2O3. The number of halogens is 2. The van der Waals surface area contributed by atoms with Crippen LogP contribution >= 0.6 is 27.5 Å². The minimum absolute atomic E-state index is 0.263. The van der Waals surface area contributed by atoms with Gasteiger partial charge in [0.15, 0.2) is 0 Å². The van der Waals surface area contributed by atoms with Gasteiger partial charge in [0, 0.05) is 38.0 Å². The lowest BCUT2D eigenvalue weighted by Crippen LogP contribution is -2.24. The fraction of sp³-hybridized carbons (Fsp3) is 0.185. The predicted molar refractivity (Wildman–Crippen MR) is 139 cm³/mol. The van der Waals surface area contributed by atoms with Crippen LogP contribution in [0.15, 0.2) is 69.8 Å². The molecule has 0 spiro atoms. The first-order valence-corrected chi connectivity index (χ1v) is 11.9. The van der Waals surface area contributed by atoms with E-state index in [4.69, 9.17) is 16.3 Å². The highest BCUT2D eigenvalue weighted by Crippen LogP contribution is 2.37. The van der Waals surface area contributed by atoms with Gasteiger partial charge in [0.1, 0.15) is 0 Å². The molecule has 7 heteroatoms. The van der Waals surface area contributed by atoms with Gasteiger partial charge in [-0.2, -0.15) is 0 Å². The Morgan fingerprint density at radius 3 is 2.26 bits per heavy atom. The molecular weight excluding hydrogens is 516 g/mol. The van der Waals surface area contributed by atoms with Gasteiger partial charge in [0.05, 0.1) is 18.3 Å². The molecule has 0 radical (unpaired) electrons. The van der Waals surface area contributed by atoms with Crippen LogP contribution < -0.4 is 4.90 Å². The number of hydrogen-bond donors (Lipinski definition) is 0. The SMILES string of the molecule is COC(=O)C1=C(C)N(c2ccc(Br)cc2)C(=O)/C1=C\c1cc(C)n(-c2ccc(C)c(Cl)c2)c1C. The molecule has 3 aromatic rings. The van der Waals surface area contributed by atoms with E-state index in [1.54, 1.807) is 17.9 Å². The molecule has 174 valence electrons. The number of aryl methyl sites for hydroxylation is 2. The van der Waals surface area contributed by atoms with Crippen LogP contribution in [0, 0.1) is 20.8 Å². The molecule has 0 saturated carbocycles. The van der Waals surface area contributed by atoms with Crippen molar-refractivity contribution in [2.45, 2.75) is 27.7 Å². The maximum Gasteiger partial charge on any atom is 0.340 e. The molecule has 5 nitrogen and oxygen atoms in total. The third-order valence-corrected chi connectivity index (χ3v) is 6.99. The highest BCUT2D eigenvalue weighted by molar-refractivity contribution is 9.10. The Morgan fingerprint density at radius 2 is 1.65 bits per heavy atom. The Balaban J connectivity index is 1.84. The van der Waals surface area contributed by atoms with Crippen LogP contribution in [-0.2, 0) is 14.3 Å². The van der Waals surface area contributed by atoms with Gasteiger partial charge >= 0.3 is 5.97 Å². The summed E-state index contributed by atoms with van der Waals surface area (Å²) in [5.41, 5.74) is 6.46. The standard InChI is InChI=1S/C27H24BrClN2O3/c1-15-6-9-22(14-24(15)29)30-16(2)12-19(17(30)3)13-23-25(27(33)34-5)18(4)31(26(23)32)21-10-7-20(28)8-11-21/h6-14H,1-5H3/b23-13-. The van der Waals surface area contributed by atoms with Crippen LogP contribution in [-0.4, -0.2) is 23.6 Å². The van der Waals surface area contributed by atoms with E-state index in [1.807, 2.05) is 69.3 Å². The molecule has 1 amide bonds. The molecule has 0 aliphatic carbocycles. The number of allylic oxidation sites excluding steroid dienone is 1. The quantitative estimate of drug-likeness (QED) is 0.274. The minimum Gasteiger partial charge on any atom is -0.465 e. The molecule has 0 atom stereocenters. The smallest absolute Gasteiger partial charge is 0.340 e. The van der Waals surface area contributed by atoms with Crippen LogP contribution in [0.5, 0.6) is 0 Å².